The first-order valence-electron chi connectivity index (χ1n) is 14.6. The van der Waals surface area contributed by atoms with Gasteiger partial charge in [-0.2, -0.15) is 0 Å². The van der Waals surface area contributed by atoms with E-state index in [1.165, 1.54) is 12.8 Å². The average Bonchev–Trinajstić information content (AvgIpc) is 3.28. The molecule has 8 unspecified atom stereocenters. The molecule has 198 valence electrons. The van der Waals surface area contributed by atoms with Gasteiger partial charge in [-0.25, -0.2) is 0 Å². The minimum atomic E-state index is -1.01. The predicted molar refractivity (Wildman–Crippen MR) is 132 cm³/mol. The fourth-order valence-electron chi connectivity index (χ4n) is 12.7. The van der Waals surface area contributed by atoms with Crippen LogP contribution in [0, 0.1) is 50.7 Å². The Kier molecular flexibility index (Phi) is 4.32. The number of rotatable bonds is 1. The van der Waals surface area contributed by atoms with Gasteiger partial charge in [0.2, 0.25) is 0 Å². The van der Waals surface area contributed by atoms with Crippen LogP contribution < -0.4 is 0 Å². The van der Waals surface area contributed by atoms with Gasteiger partial charge in [0.25, 0.3) is 0 Å². The summed E-state index contributed by atoms with van der Waals surface area (Å²) in [4.78, 5) is 0. The van der Waals surface area contributed by atoms with Crippen molar-refractivity contribution in [2.75, 3.05) is 0 Å². The molecule has 7 fully saturated rings. The van der Waals surface area contributed by atoms with Crippen LogP contribution >= 0.6 is 0 Å². The van der Waals surface area contributed by atoms with Crippen LogP contribution in [0.5, 0.6) is 0 Å². The summed E-state index contributed by atoms with van der Waals surface area (Å²) in [5.41, 5.74) is -0.788. The van der Waals surface area contributed by atoms with Crippen LogP contribution in [0.2, 0.25) is 0 Å². The zero-order chi connectivity index (χ0) is 25.2. The van der Waals surface area contributed by atoms with Gasteiger partial charge in [-0.3, -0.25) is 0 Å². The fraction of sp³-hybridized carbons (Fsp3) is 1.00. The van der Waals surface area contributed by atoms with E-state index in [4.69, 9.17) is 9.47 Å². The maximum Gasteiger partial charge on any atom is 0.199 e. The van der Waals surface area contributed by atoms with E-state index in [0.717, 1.165) is 38.5 Å². The first-order chi connectivity index (χ1) is 16.1. The third-order valence-corrected chi connectivity index (χ3v) is 14.2. The van der Waals surface area contributed by atoms with E-state index < -0.39 is 23.6 Å². The summed E-state index contributed by atoms with van der Waals surface area (Å²) in [5.74, 6) is 0.523. The fourth-order valence-corrected chi connectivity index (χ4v) is 12.7. The highest BCUT2D eigenvalue weighted by atomic mass is 16.8. The van der Waals surface area contributed by atoms with E-state index in [0.29, 0.717) is 23.2 Å². The van der Waals surface area contributed by atoms with E-state index in [9.17, 15) is 15.3 Å². The standard InChI is InChI=1S/C30H48O5/c1-16-14-17-22(25(4,5)33)35-30(34-17)21(16)26(6)12-13-29-15-28(29)11-10-20(31)24(2,3)18(28)8-9-19(29)27(26,7)23(30)32/h16-23,31-33H,8-15H2,1-7H3/t16-,17?,18+,19?,20?,21-,22?,23-,26?,27-,28?,29?,30?/m1/s1. The lowest BCUT2D eigenvalue weighted by atomic mass is 9.41. The first-order valence-corrected chi connectivity index (χ1v) is 14.6. The van der Waals surface area contributed by atoms with Gasteiger partial charge < -0.3 is 24.8 Å². The molecule has 3 N–H and O–H groups in total. The van der Waals surface area contributed by atoms with Crippen LogP contribution in [-0.4, -0.2) is 51.1 Å². The Morgan fingerprint density at radius 2 is 1.51 bits per heavy atom. The van der Waals surface area contributed by atoms with Gasteiger partial charge in [-0.1, -0.05) is 34.6 Å². The smallest absolute Gasteiger partial charge is 0.199 e. The van der Waals surface area contributed by atoms with Gasteiger partial charge in [0.05, 0.1) is 17.8 Å². The lowest BCUT2D eigenvalue weighted by Gasteiger charge is -2.63. The minimum absolute atomic E-state index is 0.0331. The molecule has 3 spiro atoms. The van der Waals surface area contributed by atoms with Crippen molar-refractivity contribution in [3.05, 3.63) is 0 Å². The van der Waals surface area contributed by atoms with Crippen LogP contribution in [0.4, 0.5) is 0 Å². The molecule has 2 heterocycles. The number of fused-ring (bicyclic) bond motifs is 4. The van der Waals surface area contributed by atoms with E-state index >= 15 is 0 Å². The summed E-state index contributed by atoms with van der Waals surface area (Å²) in [6, 6.07) is 0. The highest BCUT2D eigenvalue weighted by Gasteiger charge is 2.88. The van der Waals surface area contributed by atoms with E-state index in [1.807, 2.05) is 13.8 Å². The molecule has 5 heteroatoms. The molecule has 2 saturated heterocycles. The summed E-state index contributed by atoms with van der Waals surface area (Å²) < 4.78 is 13.6. The number of hydrogen-bond acceptors (Lipinski definition) is 5. The van der Waals surface area contributed by atoms with Crippen molar-refractivity contribution >= 4 is 0 Å². The topological polar surface area (TPSA) is 79.2 Å². The van der Waals surface area contributed by atoms with Crippen molar-refractivity contribution in [1.82, 2.24) is 0 Å². The lowest BCUT2D eigenvalue weighted by molar-refractivity contribution is -0.282. The van der Waals surface area contributed by atoms with Crippen molar-refractivity contribution < 1.29 is 24.8 Å². The van der Waals surface area contributed by atoms with Crippen molar-refractivity contribution in [2.45, 2.75) is 136 Å². The summed E-state index contributed by atoms with van der Waals surface area (Å²) in [7, 11) is 0. The maximum atomic E-state index is 12.5. The molecule has 0 aromatic heterocycles. The van der Waals surface area contributed by atoms with Gasteiger partial charge in [0.1, 0.15) is 12.2 Å². The highest BCUT2D eigenvalue weighted by molar-refractivity contribution is 5.34. The van der Waals surface area contributed by atoms with Gasteiger partial charge in [0.15, 0.2) is 5.79 Å². The number of aliphatic hydroxyl groups is 3. The van der Waals surface area contributed by atoms with Crippen molar-refractivity contribution in [2.24, 2.45) is 50.7 Å². The molecule has 0 amide bonds. The molecule has 5 nitrogen and oxygen atoms in total. The van der Waals surface area contributed by atoms with Crippen LogP contribution in [0.25, 0.3) is 0 Å². The van der Waals surface area contributed by atoms with Crippen molar-refractivity contribution in [3.8, 4) is 0 Å². The molecule has 13 atom stereocenters. The Morgan fingerprint density at radius 3 is 2.20 bits per heavy atom. The largest absolute Gasteiger partial charge is 0.393 e. The highest BCUT2D eigenvalue weighted by Crippen LogP contribution is 2.90. The summed E-state index contributed by atoms with van der Waals surface area (Å²) in [6.07, 6.45) is 7.36. The Morgan fingerprint density at radius 1 is 0.857 bits per heavy atom. The van der Waals surface area contributed by atoms with Gasteiger partial charge >= 0.3 is 0 Å². The summed E-state index contributed by atoms with van der Waals surface area (Å²) in [6.45, 7) is 15.4. The SMILES string of the molecule is C[C@@H]1CC2OC3(OC2C(C)(C)O)[C@H]1C1(C)CCC24CC25CCC(O)C(C)(C)[C@@H]5CCC4[C@]1(C)[C@H]3O. The molecular weight excluding hydrogens is 440 g/mol. The number of hydrogen-bond donors (Lipinski definition) is 3. The molecule has 7 rings (SSSR count). The molecule has 7 aliphatic rings. The second-order valence-corrected chi connectivity index (χ2v) is 15.9. The second-order valence-electron chi connectivity index (χ2n) is 15.9. The molecule has 0 aromatic carbocycles. The van der Waals surface area contributed by atoms with Gasteiger partial charge in [-0.05, 0) is 105 Å². The minimum Gasteiger partial charge on any atom is -0.393 e. The molecule has 5 saturated carbocycles. The molecule has 2 bridgehead atoms. The molecule has 2 aliphatic heterocycles. The second kappa shape index (κ2) is 6.33. The van der Waals surface area contributed by atoms with Crippen molar-refractivity contribution in [1.29, 1.82) is 0 Å². The van der Waals surface area contributed by atoms with E-state index in [1.54, 1.807) is 0 Å². The normalized spacial score (nSPS) is 63.9. The van der Waals surface area contributed by atoms with Crippen LogP contribution in [0.15, 0.2) is 0 Å². The monoisotopic (exact) mass is 488 g/mol. The summed E-state index contributed by atoms with van der Waals surface area (Å²) in [5, 5.41) is 34.4. The zero-order valence-corrected chi connectivity index (χ0v) is 22.9. The molecule has 0 aromatic rings. The molecular formula is C30H48O5. The van der Waals surface area contributed by atoms with Crippen LogP contribution in [0.3, 0.4) is 0 Å². The van der Waals surface area contributed by atoms with Gasteiger partial charge in [-0.15, -0.1) is 0 Å². The third-order valence-electron chi connectivity index (χ3n) is 14.2. The number of ether oxygens (including phenoxy) is 2. The lowest BCUT2D eigenvalue weighted by Crippen LogP contribution is -2.60. The average molecular weight is 489 g/mol. The zero-order valence-electron chi connectivity index (χ0n) is 22.9. The Labute approximate surface area is 211 Å². The molecule has 35 heavy (non-hydrogen) atoms. The van der Waals surface area contributed by atoms with Crippen LogP contribution in [0.1, 0.15) is 99.8 Å². The number of aliphatic hydroxyl groups excluding tert-OH is 2. The van der Waals surface area contributed by atoms with Gasteiger partial charge in [0, 0.05) is 11.3 Å². The third kappa shape index (κ3) is 2.30. The Balaban J connectivity index is 1.33. The molecule has 5 aliphatic carbocycles. The Hall–Kier alpha value is -0.200. The quantitative estimate of drug-likeness (QED) is 0.500. The van der Waals surface area contributed by atoms with E-state index in [2.05, 4.69) is 34.6 Å². The maximum absolute atomic E-state index is 12.5. The predicted octanol–water partition coefficient (Wildman–Crippen LogP) is 4.66. The first kappa shape index (κ1) is 23.9. The summed E-state index contributed by atoms with van der Waals surface area (Å²) >= 11 is 0. The van der Waals surface area contributed by atoms with Crippen molar-refractivity contribution in [3.63, 3.8) is 0 Å². The Bertz CT molecular complexity index is 957. The van der Waals surface area contributed by atoms with E-state index in [-0.39, 0.29) is 39.8 Å². The molecule has 0 radical (unpaired) electrons. The van der Waals surface area contributed by atoms with Crippen LogP contribution in [-0.2, 0) is 9.47 Å².